The van der Waals surface area contributed by atoms with Crippen LogP contribution in [0.4, 0.5) is 5.69 Å². The number of carbonyl (C=O) groups is 2. The first-order valence-electron chi connectivity index (χ1n) is 8.08. The van der Waals surface area contributed by atoms with E-state index in [0.29, 0.717) is 17.8 Å². The summed E-state index contributed by atoms with van der Waals surface area (Å²) >= 11 is 0. The van der Waals surface area contributed by atoms with Crippen molar-refractivity contribution in [3.05, 3.63) is 65.7 Å². The first kappa shape index (κ1) is 20.7. The summed E-state index contributed by atoms with van der Waals surface area (Å²) in [5.74, 6) is -0.327. The van der Waals surface area contributed by atoms with Gasteiger partial charge in [-0.25, -0.2) is 0 Å². The summed E-state index contributed by atoms with van der Waals surface area (Å²) in [6.07, 6.45) is 1.05. The molecule has 0 heterocycles. The van der Waals surface area contributed by atoms with Gasteiger partial charge in [-0.05, 0) is 30.2 Å². The zero-order chi connectivity index (χ0) is 17.4. The second-order valence-corrected chi connectivity index (χ2v) is 5.61. The van der Waals surface area contributed by atoms with Gasteiger partial charge in [0, 0.05) is 30.3 Å². The van der Waals surface area contributed by atoms with Crippen LogP contribution in [-0.4, -0.2) is 18.4 Å². The minimum atomic E-state index is -0.359. The summed E-state index contributed by atoms with van der Waals surface area (Å²) in [5, 5.41) is 5.61. The molecule has 4 N–H and O–H groups in total. The Kier molecular flexibility index (Phi) is 8.67. The van der Waals surface area contributed by atoms with E-state index in [1.807, 2.05) is 37.3 Å². The number of benzene rings is 2. The van der Waals surface area contributed by atoms with Gasteiger partial charge >= 0.3 is 0 Å². The predicted molar refractivity (Wildman–Crippen MR) is 103 cm³/mol. The SMILES string of the molecule is CCCNC(=O)c1cccc(NC(=O)CC(N)c2ccccc2)c1.Cl. The number of hydrogen-bond donors (Lipinski definition) is 3. The Morgan fingerprint density at radius 1 is 1.08 bits per heavy atom. The molecule has 0 saturated carbocycles. The predicted octanol–water partition coefficient (Wildman–Crippen LogP) is 3.28. The van der Waals surface area contributed by atoms with Crippen molar-refractivity contribution in [1.29, 1.82) is 0 Å². The fourth-order valence-corrected chi connectivity index (χ4v) is 2.31. The Labute approximate surface area is 154 Å². The molecule has 0 aliphatic rings. The topological polar surface area (TPSA) is 84.2 Å². The normalized spacial score (nSPS) is 11.1. The highest BCUT2D eigenvalue weighted by Gasteiger charge is 2.12. The highest BCUT2D eigenvalue weighted by molar-refractivity contribution is 5.97. The van der Waals surface area contributed by atoms with Crippen LogP contribution in [0.2, 0.25) is 0 Å². The lowest BCUT2D eigenvalue weighted by atomic mass is 10.0. The third kappa shape index (κ3) is 6.57. The Morgan fingerprint density at radius 2 is 1.80 bits per heavy atom. The number of amides is 2. The zero-order valence-electron chi connectivity index (χ0n) is 14.2. The fourth-order valence-electron chi connectivity index (χ4n) is 2.31. The number of nitrogens with two attached hydrogens (primary N) is 1. The smallest absolute Gasteiger partial charge is 0.251 e. The van der Waals surface area contributed by atoms with Crippen molar-refractivity contribution in [1.82, 2.24) is 5.32 Å². The van der Waals surface area contributed by atoms with Gasteiger partial charge in [0.05, 0.1) is 0 Å². The van der Waals surface area contributed by atoms with E-state index >= 15 is 0 Å². The van der Waals surface area contributed by atoms with Crippen LogP contribution in [-0.2, 0) is 4.79 Å². The molecule has 0 aliphatic heterocycles. The monoisotopic (exact) mass is 361 g/mol. The number of carbonyl (C=O) groups excluding carboxylic acids is 2. The van der Waals surface area contributed by atoms with Gasteiger partial charge in [-0.3, -0.25) is 9.59 Å². The molecule has 0 fully saturated rings. The van der Waals surface area contributed by atoms with Crippen LogP contribution in [0.25, 0.3) is 0 Å². The van der Waals surface area contributed by atoms with Gasteiger partial charge in [-0.2, -0.15) is 0 Å². The fraction of sp³-hybridized carbons (Fsp3) is 0.263. The number of rotatable bonds is 7. The molecular formula is C19H24ClN3O2. The van der Waals surface area contributed by atoms with Gasteiger partial charge < -0.3 is 16.4 Å². The van der Waals surface area contributed by atoms with Crippen molar-refractivity contribution < 1.29 is 9.59 Å². The van der Waals surface area contributed by atoms with Gasteiger partial charge in [0.25, 0.3) is 5.91 Å². The summed E-state index contributed by atoms with van der Waals surface area (Å²) in [5.41, 5.74) is 8.08. The first-order valence-corrected chi connectivity index (χ1v) is 8.08. The molecule has 0 aromatic heterocycles. The second-order valence-electron chi connectivity index (χ2n) is 5.61. The van der Waals surface area contributed by atoms with Crippen LogP contribution in [0.15, 0.2) is 54.6 Å². The van der Waals surface area contributed by atoms with Crippen LogP contribution in [0, 0.1) is 0 Å². The van der Waals surface area contributed by atoms with Gasteiger partial charge in [0.2, 0.25) is 5.91 Å². The molecule has 25 heavy (non-hydrogen) atoms. The Morgan fingerprint density at radius 3 is 2.48 bits per heavy atom. The lowest BCUT2D eigenvalue weighted by Crippen LogP contribution is -2.24. The van der Waals surface area contributed by atoms with E-state index in [4.69, 9.17) is 5.73 Å². The van der Waals surface area contributed by atoms with Gasteiger partial charge in [-0.15, -0.1) is 12.4 Å². The summed E-state index contributed by atoms with van der Waals surface area (Å²) in [6, 6.07) is 16.0. The molecule has 134 valence electrons. The molecule has 1 unspecified atom stereocenters. The van der Waals surface area contributed by atoms with Gasteiger partial charge in [-0.1, -0.05) is 43.3 Å². The van der Waals surface area contributed by atoms with Crippen molar-refractivity contribution in [2.45, 2.75) is 25.8 Å². The first-order chi connectivity index (χ1) is 11.6. The molecule has 2 amide bonds. The standard InChI is InChI=1S/C19H23N3O2.ClH/c1-2-11-21-19(24)15-9-6-10-16(12-15)22-18(23)13-17(20)14-7-4-3-5-8-14;/h3-10,12,17H,2,11,13,20H2,1H3,(H,21,24)(H,22,23);1H. The third-order valence-electron chi connectivity index (χ3n) is 3.58. The molecular weight excluding hydrogens is 338 g/mol. The maximum atomic E-state index is 12.2. The average molecular weight is 362 g/mol. The van der Waals surface area contributed by atoms with E-state index in [2.05, 4.69) is 10.6 Å². The van der Waals surface area contributed by atoms with E-state index in [1.54, 1.807) is 24.3 Å². The molecule has 1 atom stereocenters. The van der Waals surface area contributed by atoms with E-state index in [9.17, 15) is 9.59 Å². The Hall–Kier alpha value is -2.37. The number of hydrogen-bond acceptors (Lipinski definition) is 3. The van der Waals surface area contributed by atoms with Crippen LogP contribution >= 0.6 is 12.4 Å². The van der Waals surface area contributed by atoms with Crippen molar-refractivity contribution in [2.75, 3.05) is 11.9 Å². The molecule has 0 saturated heterocycles. The van der Waals surface area contributed by atoms with Gasteiger partial charge in [0.1, 0.15) is 0 Å². The van der Waals surface area contributed by atoms with Crippen molar-refractivity contribution in [3.63, 3.8) is 0 Å². The van der Waals surface area contributed by atoms with E-state index in [-0.39, 0.29) is 36.7 Å². The van der Waals surface area contributed by atoms with Crippen molar-refractivity contribution >= 4 is 29.9 Å². The molecule has 2 aromatic rings. The van der Waals surface area contributed by atoms with Gasteiger partial charge in [0.15, 0.2) is 0 Å². The summed E-state index contributed by atoms with van der Waals surface area (Å²) < 4.78 is 0. The minimum Gasteiger partial charge on any atom is -0.352 e. The molecule has 2 aromatic carbocycles. The highest BCUT2D eigenvalue weighted by atomic mass is 35.5. The molecule has 0 bridgehead atoms. The molecule has 6 heteroatoms. The number of halogens is 1. The summed E-state index contributed by atoms with van der Waals surface area (Å²) in [4.78, 5) is 24.1. The lowest BCUT2D eigenvalue weighted by molar-refractivity contribution is -0.116. The largest absolute Gasteiger partial charge is 0.352 e. The Balaban J connectivity index is 0.00000312. The maximum Gasteiger partial charge on any atom is 0.251 e. The van der Waals surface area contributed by atoms with Crippen LogP contribution < -0.4 is 16.4 Å². The highest BCUT2D eigenvalue weighted by Crippen LogP contribution is 2.16. The van der Waals surface area contributed by atoms with Crippen molar-refractivity contribution in [2.24, 2.45) is 5.73 Å². The molecule has 5 nitrogen and oxygen atoms in total. The number of anilines is 1. The van der Waals surface area contributed by atoms with Crippen LogP contribution in [0.3, 0.4) is 0 Å². The maximum absolute atomic E-state index is 12.2. The number of nitrogens with one attached hydrogen (secondary N) is 2. The average Bonchev–Trinajstić information content (AvgIpc) is 2.60. The molecule has 0 aliphatic carbocycles. The molecule has 0 spiro atoms. The summed E-state index contributed by atoms with van der Waals surface area (Å²) in [7, 11) is 0. The van der Waals surface area contributed by atoms with Crippen molar-refractivity contribution in [3.8, 4) is 0 Å². The van der Waals surface area contributed by atoms with E-state index in [1.165, 1.54) is 0 Å². The van der Waals surface area contributed by atoms with Crippen LogP contribution in [0.1, 0.15) is 41.7 Å². The van der Waals surface area contributed by atoms with Crippen LogP contribution in [0.5, 0.6) is 0 Å². The quantitative estimate of drug-likeness (QED) is 0.707. The lowest BCUT2D eigenvalue weighted by Gasteiger charge is -2.12. The summed E-state index contributed by atoms with van der Waals surface area (Å²) in [6.45, 7) is 2.62. The van der Waals surface area contributed by atoms with E-state index < -0.39 is 0 Å². The van der Waals surface area contributed by atoms with E-state index in [0.717, 1.165) is 12.0 Å². The zero-order valence-corrected chi connectivity index (χ0v) is 15.0. The third-order valence-corrected chi connectivity index (χ3v) is 3.58. The Bertz CT molecular complexity index is 692. The molecule has 2 rings (SSSR count). The minimum absolute atomic E-state index is 0. The second kappa shape index (κ2) is 10.5. The molecule has 0 radical (unpaired) electrons.